The predicted molar refractivity (Wildman–Crippen MR) is 87.0 cm³/mol. The Morgan fingerprint density at radius 3 is 2.90 bits per heavy atom. The maximum Gasteiger partial charge on any atom is 0.0837 e. The van der Waals surface area contributed by atoms with E-state index in [0.29, 0.717) is 18.2 Å². The standard InChI is InChI=1S/C13H14Br2ClN3O/c1-20-5-4-19-13(11(16)7-18-19)12(17)9-6-8(14)2-3-10(9)15/h2-3,6-7,12H,4-5,17H2,1H3. The Morgan fingerprint density at radius 1 is 1.45 bits per heavy atom. The van der Waals surface area contributed by atoms with Gasteiger partial charge in [-0.2, -0.15) is 5.10 Å². The van der Waals surface area contributed by atoms with Crippen LogP contribution in [-0.4, -0.2) is 23.5 Å². The summed E-state index contributed by atoms with van der Waals surface area (Å²) in [5, 5.41) is 4.81. The molecule has 0 amide bonds. The van der Waals surface area contributed by atoms with E-state index in [1.807, 2.05) is 18.2 Å². The molecule has 0 radical (unpaired) electrons. The molecular weight excluding hydrogens is 409 g/mol. The van der Waals surface area contributed by atoms with Gasteiger partial charge in [0.15, 0.2) is 0 Å². The Kier molecular flexibility index (Phi) is 5.63. The third-order valence-electron chi connectivity index (χ3n) is 2.93. The lowest BCUT2D eigenvalue weighted by Crippen LogP contribution is -2.20. The molecule has 0 aliphatic heterocycles. The van der Waals surface area contributed by atoms with E-state index in [4.69, 9.17) is 22.1 Å². The van der Waals surface area contributed by atoms with Crippen LogP contribution in [0.15, 0.2) is 33.3 Å². The van der Waals surface area contributed by atoms with Crippen molar-refractivity contribution < 1.29 is 4.74 Å². The zero-order valence-corrected chi connectivity index (χ0v) is 14.7. The molecule has 1 aromatic carbocycles. The highest BCUT2D eigenvalue weighted by molar-refractivity contribution is 9.11. The normalized spacial score (nSPS) is 12.7. The first kappa shape index (κ1) is 16.0. The highest BCUT2D eigenvalue weighted by Gasteiger charge is 2.20. The van der Waals surface area contributed by atoms with Gasteiger partial charge in [-0.15, -0.1) is 0 Å². The molecule has 0 saturated heterocycles. The number of hydrogen-bond donors (Lipinski definition) is 1. The molecule has 1 aromatic heterocycles. The number of aromatic nitrogens is 2. The number of benzene rings is 1. The molecule has 20 heavy (non-hydrogen) atoms. The summed E-state index contributed by atoms with van der Waals surface area (Å²) in [6.45, 7) is 1.16. The van der Waals surface area contributed by atoms with Gasteiger partial charge in [-0.25, -0.2) is 0 Å². The molecule has 1 unspecified atom stereocenters. The lowest BCUT2D eigenvalue weighted by molar-refractivity contribution is 0.182. The molecule has 0 aliphatic rings. The van der Waals surface area contributed by atoms with Crippen LogP contribution < -0.4 is 5.73 Å². The van der Waals surface area contributed by atoms with E-state index in [2.05, 4.69) is 37.0 Å². The van der Waals surface area contributed by atoms with Crippen LogP contribution in [0.25, 0.3) is 0 Å². The van der Waals surface area contributed by atoms with Crippen LogP contribution in [0, 0.1) is 0 Å². The molecule has 2 aromatic rings. The number of ether oxygens (including phenoxy) is 1. The summed E-state index contributed by atoms with van der Waals surface area (Å²) in [6.07, 6.45) is 1.61. The average Bonchev–Trinajstić information content (AvgIpc) is 2.79. The fraction of sp³-hybridized carbons (Fsp3) is 0.308. The molecule has 0 aliphatic carbocycles. The number of methoxy groups -OCH3 is 1. The predicted octanol–water partition coefficient (Wildman–Crippen LogP) is 3.76. The molecule has 7 heteroatoms. The quantitative estimate of drug-likeness (QED) is 0.797. The smallest absolute Gasteiger partial charge is 0.0837 e. The van der Waals surface area contributed by atoms with Crippen LogP contribution in [0.1, 0.15) is 17.3 Å². The van der Waals surface area contributed by atoms with Crippen molar-refractivity contribution >= 4 is 43.5 Å². The van der Waals surface area contributed by atoms with E-state index in [1.165, 1.54) is 0 Å². The molecular formula is C13H14Br2ClN3O. The summed E-state index contributed by atoms with van der Waals surface area (Å²) in [5.41, 5.74) is 8.09. The Bertz CT molecular complexity index is 603. The summed E-state index contributed by atoms with van der Waals surface area (Å²) >= 11 is 13.2. The number of nitrogens with zero attached hydrogens (tertiary/aromatic N) is 2. The van der Waals surface area contributed by atoms with Crippen LogP contribution in [0.5, 0.6) is 0 Å². The van der Waals surface area contributed by atoms with Gasteiger partial charge in [0.2, 0.25) is 0 Å². The van der Waals surface area contributed by atoms with Crippen LogP contribution in [-0.2, 0) is 11.3 Å². The highest BCUT2D eigenvalue weighted by Crippen LogP contribution is 2.32. The monoisotopic (exact) mass is 421 g/mol. The minimum atomic E-state index is -0.367. The van der Waals surface area contributed by atoms with Crippen molar-refractivity contribution in [2.24, 2.45) is 5.73 Å². The lowest BCUT2D eigenvalue weighted by Gasteiger charge is -2.17. The zero-order chi connectivity index (χ0) is 14.7. The van der Waals surface area contributed by atoms with E-state index in [-0.39, 0.29) is 6.04 Å². The first-order valence-electron chi connectivity index (χ1n) is 5.95. The Balaban J connectivity index is 2.39. The average molecular weight is 424 g/mol. The lowest BCUT2D eigenvalue weighted by atomic mass is 10.0. The van der Waals surface area contributed by atoms with Crippen LogP contribution >= 0.6 is 43.5 Å². The molecule has 1 heterocycles. The minimum Gasteiger partial charge on any atom is -0.383 e. The van der Waals surface area contributed by atoms with Crippen molar-refractivity contribution in [1.82, 2.24) is 9.78 Å². The summed E-state index contributed by atoms with van der Waals surface area (Å²) in [7, 11) is 1.65. The third-order valence-corrected chi connectivity index (χ3v) is 4.43. The molecule has 0 saturated carbocycles. The second-order valence-corrected chi connectivity index (χ2v) is 6.41. The van der Waals surface area contributed by atoms with Crippen LogP contribution in [0.3, 0.4) is 0 Å². The molecule has 0 spiro atoms. The van der Waals surface area contributed by atoms with Gasteiger partial charge in [0.1, 0.15) is 0 Å². The Labute approximate surface area is 139 Å². The Morgan fingerprint density at radius 2 is 2.20 bits per heavy atom. The topological polar surface area (TPSA) is 53.1 Å². The summed E-state index contributed by atoms with van der Waals surface area (Å²) in [4.78, 5) is 0. The van der Waals surface area contributed by atoms with E-state index >= 15 is 0 Å². The Hall–Kier alpha value is -0.400. The van der Waals surface area contributed by atoms with Gasteiger partial charge in [0.25, 0.3) is 0 Å². The van der Waals surface area contributed by atoms with Gasteiger partial charge in [-0.1, -0.05) is 43.5 Å². The van der Waals surface area contributed by atoms with Crippen molar-refractivity contribution in [3.8, 4) is 0 Å². The van der Waals surface area contributed by atoms with Gasteiger partial charge in [0.05, 0.1) is 36.1 Å². The number of halogens is 3. The first-order chi connectivity index (χ1) is 9.54. The molecule has 0 bridgehead atoms. The zero-order valence-electron chi connectivity index (χ0n) is 10.8. The van der Waals surface area contributed by atoms with Gasteiger partial charge in [-0.05, 0) is 23.8 Å². The van der Waals surface area contributed by atoms with Gasteiger partial charge in [-0.3, -0.25) is 4.68 Å². The van der Waals surface area contributed by atoms with E-state index in [0.717, 1.165) is 20.2 Å². The second kappa shape index (κ2) is 7.04. The maximum absolute atomic E-state index is 6.37. The summed E-state index contributed by atoms with van der Waals surface area (Å²) in [6, 6.07) is 5.50. The second-order valence-electron chi connectivity index (χ2n) is 4.24. The summed E-state index contributed by atoms with van der Waals surface area (Å²) < 4.78 is 8.76. The fourth-order valence-corrected chi connectivity index (χ4v) is 3.07. The van der Waals surface area contributed by atoms with Gasteiger partial charge >= 0.3 is 0 Å². The van der Waals surface area contributed by atoms with Crippen molar-refractivity contribution in [2.75, 3.05) is 13.7 Å². The molecule has 1 atom stereocenters. The molecule has 2 N–H and O–H groups in total. The minimum absolute atomic E-state index is 0.367. The fourth-order valence-electron chi connectivity index (χ4n) is 1.94. The number of rotatable bonds is 5. The van der Waals surface area contributed by atoms with Crippen molar-refractivity contribution in [3.05, 3.63) is 49.6 Å². The van der Waals surface area contributed by atoms with Crippen molar-refractivity contribution in [3.63, 3.8) is 0 Å². The molecule has 4 nitrogen and oxygen atoms in total. The molecule has 2 rings (SSSR count). The van der Waals surface area contributed by atoms with E-state index in [9.17, 15) is 0 Å². The van der Waals surface area contributed by atoms with Crippen LogP contribution in [0.2, 0.25) is 5.02 Å². The molecule has 108 valence electrons. The number of nitrogens with two attached hydrogens (primary N) is 1. The highest BCUT2D eigenvalue weighted by atomic mass is 79.9. The SMILES string of the molecule is COCCn1ncc(Cl)c1C(N)c1cc(Br)ccc1Br. The van der Waals surface area contributed by atoms with E-state index < -0.39 is 0 Å². The number of hydrogen-bond acceptors (Lipinski definition) is 3. The molecule has 0 fully saturated rings. The summed E-state index contributed by atoms with van der Waals surface area (Å²) in [5.74, 6) is 0. The first-order valence-corrected chi connectivity index (χ1v) is 7.91. The largest absolute Gasteiger partial charge is 0.383 e. The van der Waals surface area contributed by atoms with Crippen molar-refractivity contribution in [2.45, 2.75) is 12.6 Å². The van der Waals surface area contributed by atoms with Gasteiger partial charge < -0.3 is 10.5 Å². The third kappa shape index (κ3) is 3.43. The van der Waals surface area contributed by atoms with Gasteiger partial charge in [0, 0.05) is 16.1 Å². The maximum atomic E-state index is 6.37. The van der Waals surface area contributed by atoms with Crippen LogP contribution in [0.4, 0.5) is 0 Å². The van der Waals surface area contributed by atoms with E-state index in [1.54, 1.807) is 18.0 Å². The van der Waals surface area contributed by atoms with Crippen molar-refractivity contribution in [1.29, 1.82) is 0 Å².